The van der Waals surface area contributed by atoms with Gasteiger partial charge in [-0.25, -0.2) is 0 Å². The maximum atomic E-state index is 10.3. The molecule has 0 bridgehead atoms. The molecule has 0 saturated heterocycles. The van der Waals surface area contributed by atoms with Gasteiger partial charge in [-0.3, -0.25) is 4.79 Å². The van der Waals surface area contributed by atoms with Gasteiger partial charge in [0, 0.05) is 3.92 Å². The van der Waals surface area contributed by atoms with Gasteiger partial charge < -0.3 is 5.11 Å². The van der Waals surface area contributed by atoms with E-state index in [-0.39, 0.29) is 15.7 Å². The molecule has 0 aliphatic rings. The number of carboxylic acid groups (broad SMARTS) is 1. The largest absolute Gasteiger partial charge is 0.481 e. The van der Waals surface area contributed by atoms with E-state index in [1.807, 2.05) is 0 Å². The van der Waals surface area contributed by atoms with Gasteiger partial charge >= 0.3 is 5.97 Å². The van der Waals surface area contributed by atoms with Gasteiger partial charge in [-0.1, -0.05) is 42.4 Å². The van der Waals surface area contributed by atoms with E-state index in [9.17, 15) is 4.79 Å². The van der Waals surface area contributed by atoms with Gasteiger partial charge in [-0.2, -0.15) is 0 Å². The van der Waals surface area contributed by atoms with Crippen molar-refractivity contribution in [1.29, 1.82) is 0 Å². The summed E-state index contributed by atoms with van der Waals surface area (Å²) in [5.41, 5.74) is 0. The van der Waals surface area contributed by atoms with Crippen molar-refractivity contribution in [2.45, 2.75) is 41.9 Å². The lowest BCUT2D eigenvalue weighted by Crippen LogP contribution is -2.18. The zero-order valence-corrected chi connectivity index (χ0v) is 10.0. The predicted molar refractivity (Wildman–Crippen MR) is 59.2 cm³/mol. The van der Waals surface area contributed by atoms with Crippen molar-refractivity contribution in [2.24, 2.45) is 0 Å². The molecule has 0 aromatic rings. The smallest absolute Gasteiger partial charge is 0.304 e. The summed E-state index contributed by atoms with van der Waals surface area (Å²) in [4.78, 5) is 10.3. The molecule has 12 heavy (non-hydrogen) atoms. The molecule has 0 saturated carbocycles. The number of hydrogen-bond donors (Lipinski definition) is 1. The number of hydrogen-bond acceptors (Lipinski definition) is 1. The molecule has 0 fully saturated rings. The lowest BCUT2D eigenvalue weighted by atomic mass is 10.1. The standard InChI is InChI=1S/C8H14ClIO2/c1-2-3-4-7(10)6(9)5-8(11)12/h6-7H,2-5H2,1H3,(H,11,12). The SMILES string of the molecule is CCCCC(I)C(Cl)CC(=O)O. The summed E-state index contributed by atoms with van der Waals surface area (Å²) < 4.78 is 0.278. The minimum absolute atomic E-state index is 0.0683. The average Bonchev–Trinajstić information content (AvgIpc) is 1.98. The number of carboxylic acids is 1. The van der Waals surface area contributed by atoms with Crippen molar-refractivity contribution in [3.05, 3.63) is 0 Å². The molecule has 0 rings (SSSR count). The summed E-state index contributed by atoms with van der Waals surface area (Å²) in [5, 5.41) is 8.24. The highest BCUT2D eigenvalue weighted by Crippen LogP contribution is 2.21. The molecular formula is C8H14ClIO2. The van der Waals surface area contributed by atoms with E-state index >= 15 is 0 Å². The molecule has 0 radical (unpaired) electrons. The highest BCUT2D eigenvalue weighted by Gasteiger charge is 2.18. The van der Waals surface area contributed by atoms with E-state index in [1.54, 1.807) is 0 Å². The Bertz CT molecular complexity index is 141. The van der Waals surface area contributed by atoms with E-state index in [0.717, 1.165) is 19.3 Å². The van der Waals surface area contributed by atoms with Crippen molar-refractivity contribution < 1.29 is 9.90 Å². The van der Waals surface area contributed by atoms with E-state index in [1.165, 1.54) is 0 Å². The normalized spacial score (nSPS) is 15.6. The third kappa shape index (κ3) is 6.06. The molecular weight excluding hydrogens is 290 g/mol. The Balaban J connectivity index is 3.60. The first-order chi connectivity index (χ1) is 5.57. The van der Waals surface area contributed by atoms with Gasteiger partial charge in [0.15, 0.2) is 0 Å². The molecule has 2 atom stereocenters. The van der Waals surface area contributed by atoms with Crippen molar-refractivity contribution in [3.8, 4) is 0 Å². The van der Waals surface area contributed by atoms with Crippen LogP contribution in [0.5, 0.6) is 0 Å². The zero-order chi connectivity index (χ0) is 9.56. The summed E-state index contributed by atoms with van der Waals surface area (Å²) in [6, 6.07) is 0. The van der Waals surface area contributed by atoms with E-state index in [4.69, 9.17) is 16.7 Å². The van der Waals surface area contributed by atoms with E-state index in [2.05, 4.69) is 29.5 Å². The van der Waals surface area contributed by atoms with Crippen LogP contribution in [-0.4, -0.2) is 20.4 Å². The van der Waals surface area contributed by atoms with Crippen LogP contribution in [0.2, 0.25) is 0 Å². The van der Waals surface area contributed by atoms with Crippen molar-refractivity contribution in [1.82, 2.24) is 0 Å². The Morgan fingerprint density at radius 1 is 1.67 bits per heavy atom. The van der Waals surface area contributed by atoms with Crippen molar-refractivity contribution >= 4 is 40.2 Å². The fourth-order valence-corrected chi connectivity index (χ4v) is 1.83. The Labute approximate surface area is 91.8 Å². The van der Waals surface area contributed by atoms with Gasteiger partial charge in [0.2, 0.25) is 0 Å². The quantitative estimate of drug-likeness (QED) is 0.605. The molecule has 0 aliphatic carbocycles. The third-order valence-electron chi connectivity index (χ3n) is 1.60. The molecule has 2 nitrogen and oxygen atoms in total. The topological polar surface area (TPSA) is 37.3 Å². The monoisotopic (exact) mass is 304 g/mol. The van der Waals surface area contributed by atoms with Crippen molar-refractivity contribution in [2.75, 3.05) is 0 Å². The van der Waals surface area contributed by atoms with Crippen LogP contribution < -0.4 is 0 Å². The number of carbonyl (C=O) groups is 1. The highest BCUT2D eigenvalue weighted by atomic mass is 127. The Morgan fingerprint density at radius 2 is 2.25 bits per heavy atom. The second-order valence-corrected chi connectivity index (χ2v) is 4.93. The minimum Gasteiger partial charge on any atom is -0.481 e. The summed E-state index contributed by atoms with van der Waals surface area (Å²) in [5.74, 6) is -0.812. The molecule has 1 N–H and O–H groups in total. The number of alkyl halides is 2. The van der Waals surface area contributed by atoms with Crippen LogP contribution in [0, 0.1) is 0 Å². The number of rotatable bonds is 6. The maximum absolute atomic E-state index is 10.3. The molecule has 4 heteroatoms. The molecule has 0 spiro atoms. The summed E-state index contributed by atoms with van der Waals surface area (Å²) in [6.07, 6.45) is 3.34. The van der Waals surface area contributed by atoms with Crippen LogP contribution in [0.15, 0.2) is 0 Å². The van der Waals surface area contributed by atoms with Crippen LogP contribution in [0.1, 0.15) is 32.6 Å². The maximum Gasteiger partial charge on any atom is 0.304 e. The fourth-order valence-electron chi connectivity index (χ4n) is 0.875. The Morgan fingerprint density at radius 3 is 2.67 bits per heavy atom. The molecule has 2 unspecified atom stereocenters. The second-order valence-electron chi connectivity index (χ2n) is 2.77. The van der Waals surface area contributed by atoms with Gasteiger partial charge in [-0.05, 0) is 6.42 Å². The Hall–Kier alpha value is 0.490. The van der Waals surface area contributed by atoms with Gasteiger partial charge in [-0.15, -0.1) is 11.6 Å². The lowest BCUT2D eigenvalue weighted by Gasteiger charge is -2.13. The van der Waals surface area contributed by atoms with Gasteiger partial charge in [0.05, 0.1) is 11.8 Å². The molecule has 0 aromatic heterocycles. The first-order valence-electron chi connectivity index (χ1n) is 4.07. The van der Waals surface area contributed by atoms with Gasteiger partial charge in [0.1, 0.15) is 0 Å². The molecule has 0 aliphatic heterocycles. The Kier molecular flexibility index (Phi) is 7.23. The summed E-state index contributed by atoms with van der Waals surface area (Å²) in [6.45, 7) is 2.11. The fraction of sp³-hybridized carbons (Fsp3) is 0.875. The molecule has 72 valence electrons. The van der Waals surface area contributed by atoms with E-state index < -0.39 is 5.97 Å². The summed E-state index contributed by atoms with van der Waals surface area (Å²) in [7, 11) is 0. The molecule has 0 aromatic carbocycles. The van der Waals surface area contributed by atoms with Gasteiger partial charge in [0.25, 0.3) is 0 Å². The third-order valence-corrected chi connectivity index (χ3v) is 3.97. The zero-order valence-electron chi connectivity index (χ0n) is 7.09. The van der Waals surface area contributed by atoms with Crippen LogP contribution in [0.4, 0.5) is 0 Å². The van der Waals surface area contributed by atoms with Crippen LogP contribution in [-0.2, 0) is 4.79 Å². The molecule has 0 amide bonds. The molecule has 0 heterocycles. The lowest BCUT2D eigenvalue weighted by molar-refractivity contribution is -0.137. The average molecular weight is 305 g/mol. The van der Waals surface area contributed by atoms with Crippen LogP contribution in [0.3, 0.4) is 0 Å². The minimum atomic E-state index is -0.812. The number of unbranched alkanes of at least 4 members (excludes halogenated alkanes) is 1. The first-order valence-corrected chi connectivity index (χ1v) is 5.76. The number of aliphatic carboxylic acids is 1. The predicted octanol–water partition coefficient (Wildman–Crippen LogP) is 3.06. The summed E-state index contributed by atoms with van der Waals surface area (Å²) >= 11 is 8.10. The van der Waals surface area contributed by atoms with E-state index in [0.29, 0.717) is 0 Å². The first kappa shape index (κ1) is 12.5. The number of halogens is 2. The van der Waals surface area contributed by atoms with Crippen molar-refractivity contribution in [3.63, 3.8) is 0 Å². The van der Waals surface area contributed by atoms with Crippen LogP contribution in [0.25, 0.3) is 0 Å². The highest BCUT2D eigenvalue weighted by molar-refractivity contribution is 14.1. The second kappa shape index (κ2) is 6.95. The van der Waals surface area contributed by atoms with Crippen LogP contribution >= 0.6 is 34.2 Å².